The van der Waals surface area contributed by atoms with Gasteiger partial charge in [0.05, 0.1) is 18.1 Å². The zero-order valence-electron chi connectivity index (χ0n) is 17.5. The molecule has 7 heteroatoms. The summed E-state index contributed by atoms with van der Waals surface area (Å²) >= 11 is 0. The third-order valence-corrected chi connectivity index (χ3v) is 4.57. The number of carbonyl (C=O) groups excluding carboxylic acids is 2. The number of ether oxygens (including phenoxy) is 2. The summed E-state index contributed by atoms with van der Waals surface area (Å²) in [6.45, 7) is 9.63. The summed E-state index contributed by atoms with van der Waals surface area (Å²) in [4.78, 5) is 28.8. The smallest absolute Gasteiger partial charge is 0.410 e. The lowest BCUT2D eigenvalue weighted by atomic mass is 9.95. The van der Waals surface area contributed by atoms with Gasteiger partial charge in [0.15, 0.2) is 0 Å². The summed E-state index contributed by atoms with van der Waals surface area (Å²) < 4.78 is 11.2. The lowest BCUT2D eigenvalue weighted by Gasteiger charge is -2.34. The van der Waals surface area contributed by atoms with E-state index in [9.17, 15) is 9.59 Å². The second-order valence-electron chi connectivity index (χ2n) is 8.32. The van der Waals surface area contributed by atoms with E-state index in [-0.39, 0.29) is 30.1 Å². The molecular weight excluding hydrogens is 334 g/mol. The van der Waals surface area contributed by atoms with Gasteiger partial charge in [0, 0.05) is 20.2 Å². The third kappa shape index (κ3) is 7.11. The van der Waals surface area contributed by atoms with Crippen molar-refractivity contribution in [3.63, 3.8) is 0 Å². The molecule has 152 valence electrons. The molecule has 1 aliphatic heterocycles. The Balaban J connectivity index is 2.66. The zero-order chi connectivity index (χ0) is 19.9. The van der Waals surface area contributed by atoms with Gasteiger partial charge >= 0.3 is 6.09 Å². The molecule has 0 radical (unpaired) electrons. The van der Waals surface area contributed by atoms with E-state index in [1.165, 1.54) is 0 Å². The van der Waals surface area contributed by atoms with Crippen molar-refractivity contribution in [3.8, 4) is 0 Å². The number of rotatable bonds is 8. The molecule has 1 aliphatic rings. The molecule has 3 atom stereocenters. The van der Waals surface area contributed by atoms with Gasteiger partial charge in [-0.05, 0) is 60.7 Å². The number of methoxy groups -OCH3 is 1. The second kappa shape index (κ2) is 10.1. The Labute approximate surface area is 158 Å². The van der Waals surface area contributed by atoms with E-state index >= 15 is 0 Å². The van der Waals surface area contributed by atoms with Crippen LogP contribution in [0.5, 0.6) is 0 Å². The number of hydrogen-bond acceptors (Lipinski definition) is 5. The molecule has 1 saturated heterocycles. The van der Waals surface area contributed by atoms with E-state index in [0.29, 0.717) is 13.1 Å². The normalized spacial score (nSPS) is 20.2. The topological polar surface area (TPSA) is 71.1 Å². The molecule has 0 bridgehead atoms. The fourth-order valence-corrected chi connectivity index (χ4v) is 3.29. The summed E-state index contributed by atoms with van der Waals surface area (Å²) in [7, 11) is 5.62. The monoisotopic (exact) mass is 371 g/mol. The predicted molar refractivity (Wildman–Crippen MR) is 102 cm³/mol. The number of amides is 2. The highest BCUT2D eigenvalue weighted by Gasteiger charge is 2.41. The van der Waals surface area contributed by atoms with Gasteiger partial charge in [0.25, 0.3) is 0 Å². The average molecular weight is 372 g/mol. The highest BCUT2D eigenvalue weighted by atomic mass is 16.6. The van der Waals surface area contributed by atoms with Crippen molar-refractivity contribution >= 4 is 12.0 Å². The first kappa shape index (κ1) is 22.7. The molecule has 1 N–H and O–H groups in total. The Morgan fingerprint density at radius 1 is 1.31 bits per heavy atom. The van der Waals surface area contributed by atoms with Crippen molar-refractivity contribution in [2.75, 3.05) is 40.8 Å². The quantitative estimate of drug-likeness (QED) is 0.662. The van der Waals surface area contributed by atoms with Crippen LogP contribution in [-0.2, 0) is 14.3 Å². The van der Waals surface area contributed by atoms with Gasteiger partial charge in [0.2, 0.25) is 5.91 Å². The summed E-state index contributed by atoms with van der Waals surface area (Å²) in [5, 5.41) is 2.98. The highest BCUT2D eigenvalue weighted by molar-refractivity contribution is 5.79. The fourth-order valence-electron chi connectivity index (χ4n) is 3.29. The maximum Gasteiger partial charge on any atom is 0.410 e. The van der Waals surface area contributed by atoms with E-state index < -0.39 is 5.60 Å². The highest BCUT2D eigenvalue weighted by Crippen LogP contribution is 2.28. The van der Waals surface area contributed by atoms with Crippen molar-refractivity contribution in [3.05, 3.63) is 0 Å². The van der Waals surface area contributed by atoms with Crippen LogP contribution < -0.4 is 5.32 Å². The van der Waals surface area contributed by atoms with Gasteiger partial charge in [-0.1, -0.05) is 6.92 Å². The number of nitrogens with one attached hydrogen (secondary N) is 1. The minimum atomic E-state index is -0.539. The molecule has 1 heterocycles. The minimum absolute atomic E-state index is 0.0355. The van der Waals surface area contributed by atoms with Crippen molar-refractivity contribution in [2.45, 2.75) is 64.7 Å². The maximum absolute atomic E-state index is 12.5. The molecule has 0 spiro atoms. The molecule has 1 rings (SSSR count). The number of nitrogens with zero attached hydrogens (tertiary/aromatic N) is 2. The predicted octanol–water partition coefficient (Wildman–Crippen LogP) is 2.10. The largest absolute Gasteiger partial charge is 0.444 e. The standard InChI is InChI=1S/C19H37N3O4/c1-14(17(23)20-11-9-12-21(5)6)16(25-7)15-10-8-13-22(15)18(24)26-19(2,3)4/h14-16H,8-13H2,1-7H3,(H,20,23)/t14?,15-,16-/m0/s1. The molecule has 26 heavy (non-hydrogen) atoms. The third-order valence-electron chi connectivity index (χ3n) is 4.57. The van der Waals surface area contributed by atoms with Crippen LogP contribution in [-0.4, -0.2) is 80.4 Å². The first-order chi connectivity index (χ1) is 12.1. The van der Waals surface area contributed by atoms with Crippen LogP contribution >= 0.6 is 0 Å². The van der Waals surface area contributed by atoms with Crippen molar-refractivity contribution < 1.29 is 19.1 Å². The van der Waals surface area contributed by atoms with Gasteiger partial charge in [-0.2, -0.15) is 0 Å². The molecule has 1 fully saturated rings. The molecule has 0 saturated carbocycles. The summed E-state index contributed by atoms with van der Waals surface area (Å²) in [5.74, 6) is -0.376. The Hall–Kier alpha value is -1.34. The van der Waals surface area contributed by atoms with Crippen LogP contribution in [0.25, 0.3) is 0 Å². The van der Waals surface area contributed by atoms with Gasteiger partial charge in [-0.3, -0.25) is 4.79 Å². The maximum atomic E-state index is 12.5. The molecule has 7 nitrogen and oxygen atoms in total. The fraction of sp³-hybridized carbons (Fsp3) is 0.895. The summed E-state index contributed by atoms with van der Waals surface area (Å²) in [5.41, 5.74) is -0.539. The number of carbonyl (C=O) groups is 2. The van der Waals surface area contributed by atoms with Crippen LogP contribution in [0.3, 0.4) is 0 Å². The molecule has 2 amide bonds. The first-order valence-corrected chi connectivity index (χ1v) is 9.51. The van der Waals surface area contributed by atoms with Crippen molar-refractivity contribution in [2.24, 2.45) is 5.92 Å². The molecule has 0 aromatic carbocycles. The second-order valence-corrected chi connectivity index (χ2v) is 8.32. The SMILES string of the molecule is CO[C@@H](C(C)C(=O)NCCCN(C)C)[C@@H]1CCCN1C(=O)OC(C)(C)C. The van der Waals surface area contributed by atoms with Crippen LogP contribution in [0.15, 0.2) is 0 Å². The Morgan fingerprint density at radius 3 is 2.50 bits per heavy atom. The van der Waals surface area contributed by atoms with Crippen LogP contribution in [0, 0.1) is 5.92 Å². The van der Waals surface area contributed by atoms with E-state index in [4.69, 9.17) is 9.47 Å². The van der Waals surface area contributed by atoms with Crippen molar-refractivity contribution in [1.29, 1.82) is 0 Å². The molecule has 0 aliphatic carbocycles. The van der Waals surface area contributed by atoms with Gasteiger partial charge in [0.1, 0.15) is 5.60 Å². The van der Waals surface area contributed by atoms with Gasteiger partial charge < -0.3 is 24.6 Å². The lowest BCUT2D eigenvalue weighted by Crippen LogP contribution is -2.50. The van der Waals surface area contributed by atoms with Crippen LogP contribution in [0.4, 0.5) is 4.79 Å². The Morgan fingerprint density at radius 2 is 1.96 bits per heavy atom. The summed E-state index contributed by atoms with van der Waals surface area (Å²) in [6, 6.07) is -0.141. The lowest BCUT2D eigenvalue weighted by molar-refractivity contribution is -0.130. The van der Waals surface area contributed by atoms with Crippen molar-refractivity contribution in [1.82, 2.24) is 15.1 Å². The zero-order valence-corrected chi connectivity index (χ0v) is 17.5. The number of hydrogen-bond donors (Lipinski definition) is 1. The summed E-state index contributed by atoms with van der Waals surface area (Å²) in [6.07, 6.45) is 1.92. The average Bonchev–Trinajstić information content (AvgIpc) is 2.99. The van der Waals surface area contributed by atoms with Crippen LogP contribution in [0.1, 0.15) is 47.0 Å². The van der Waals surface area contributed by atoms with Gasteiger partial charge in [-0.15, -0.1) is 0 Å². The molecule has 0 aromatic rings. The molecule has 1 unspecified atom stereocenters. The van der Waals surface area contributed by atoms with E-state index in [1.54, 1.807) is 12.0 Å². The van der Waals surface area contributed by atoms with E-state index in [2.05, 4.69) is 10.2 Å². The number of likely N-dealkylation sites (tertiary alicyclic amines) is 1. The molecule has 0 aromatic heterocycles. The minimum Gasteiger partial charge on any atom is -0.444 e. The van der Waals surface area contributed by atoms with E-state index in [1.807, 2.05) is 41.8 Å². The first-order valence-electron chi connectivity index (χ1n) is 9.51. The molecular formula is C19H37N3O4. The Bertz CT molecular complexity index is 462. The van der Waals surface area contributed by atoms with E-state index in [0.717, 1.165) is 25.8 Å². The van der Waals surface area contributed by atoms with Gasteiger partial charge in [-0.25, -0.2) is 4.79 Å². The van der Waals surface area contributed by atoms with Crippen LogP contribution in [0.2, 0.25) is 0 Å². The Kier molecular flexibility index (Phi) is 8.83.